The summed E-state index contributed by atoms with van der Waals surface area (Å²) in [6.45, 7) is 1.49. The number of anilines is 1. The van der Waals surface area contributed by atoms with Gasteiger partial charge in [-0.15, -0.1) is 0 Å². The summed E-state index contributed by atoms with van der Waals surface area (Å²) in [4.78, 5) is 27.0. The molecule has 3 aromatic rings. The van der Waals surface area contributed by atoms with Crippen LogP contribution in [-0.4, -0.2) is 32.5 Å². The molecule has 2 heterocycles. The number of nitrogens with zero attached hydrogens (tertiary/aromatic N) is 4. The van der Waals surface area contributed by atoms with Crippen LogP contribution in [0.1, 0.15) is 21.9 Å². The third kappa shape index (κ3) is 3.69. The molecule has 0 fully saturated rings. The van der Waals surface area contributed by atoms with E-state index in [0.29, 0.717) is 0 Å². The first kappa shape index (κ1) is 19.4. The normalized spacial score (nSPS) is 11.5. The van der Waals surface area contributed by atoms with Crippen molar-refractivity contribution >= 4 is 34.5 Å². The number of carbonyl (C=O) groups excluding carboxylic acids is 1. The van der Waals surface area contributed by atoms with Crippen LogP contribution in [0.4, 0.5) is 20.2 Å². The van der Waals surface area contributed by atoms with E-state index in [1.807, 2.05) is 0 Å². The average Bonchev–Trinajstić information content (AvgIpc) is 3.04. The Balaban J connectivity index is 2.00. The van der Waals surface area contributed by atoms with Gasteiger partial charge in [-0.2, -0.15) is 13.9 Å². The average molecular weight is 412 g/mol. The van der Waals surface area contributed by atoms with E-state index in [1.165, 1.54) is 32.2 Å². The first-order valence-corrected chi connectivity index (χ1v) is 8.06. The molecule has 1 N–H and O–H groups in total. The third-order valence-corrected chi connectivity index (χ3v) is 3.92. The SMILES string of the molecule is COc1ccc(NC(=O)c2cc3nc(C)cc(C(F)(F)Cl)n3n2)c([N+](=O)[O-])c1. The highest BCUT2D eigenvalue weighted by Gasteiger charge is 2.33. The smallest absolute Gasteiger partial charge is 0.364 e. The van der Waals surface area contributed by atoms with Crippen LogP contribution in [0.3, 0.4) is 0 Å². The molecular weight excluding hydrogens is 400 g/mol. The minimum Gasteiger partial charge on any atom is -0.496 e. The number of rotatable bonds is 5. The molecule has 9 nitrogen and oxygen atoms in total. The van der Waals surface area contributed by atoms with E-state index in [9.17, 15) is 23.7 Å². The summed E-state index contributed by atoms with van der Waals surface area (Å²) in [7, 11) is 1.34. The van der Waals surface area contributed by atoms with Crippen molar-refractivity contribution in [1.82, 2.24) is 14.6 Å². The number of hydrogen-bond donors (Lipinski definition) is 1. The molecule has 0 aliphatic rings. The van der Waals surface area contributed by atoms with E-state index in [4.69, 9.17) is 16.3 Å². The van der Waals surface area contributed by atoms with Crippen molar-refractivity contribution in [2.24, 2.45) is 0 Å². The predicted molar refractivity (Wildman–Crippen MR) is 95.1 cm³/mol. The minimum absolute atomic E-state index is 0.0234. The molecule has 146 valence electrons. The molecule has 0 aliphatic carbocycles. The second-order valence-corrected chi connectivity index (χ2v) is 6.15. The van der Waals surface area contributed by atoms with Gasteiger partial charge in [-0.3, -0.25) is 14.9 Å². The zero-order chi connectivity index (χ0) is 20.6. The zero-order valence-corrected chi connectivity index (χ0v) is 15.2. The van der Waals surface area contributed by atoms with Crippen molar-refractivity contribution in [3.05, 3.63) is 57.5 Å². The summed E-state index contributed by atoms with van der Waals surface area (Å²) in [6.07, 6.45) is 0. The molecule has 1 amide bonds. The van der Waals surface area contributed by atoms with E-state index < -0.39 is 27.6 Å². The van der Waals surface area contributed by atoms with Gasteiger partial charge in [0.1, 0.15) is 17.1 Å². The fraction of sp³-hybridized carbons (Fsp3) is 0.188. The number of alkyl halides is 3. The summed E-state index contributed by atoms with van der Waals surface area (Å²) < 4.78 is 32.9. The molecule has 2 aromatic heterocycles. The van der Waals surface area contributed by atoms with Gasteiger partial charge in [0, 0.05) is 11.8 Å². The van der Waals surface area contributed by atoms with Gasteiger partial charge in [-0.25, -0.2) is 9.50 Å². The summed E-state index contributed by atoms with van der Waals surface area (Å²) in [5, 5.41) is 13.6. The molecule has 0 unspecified atom stereocenters. The maximum absolute atomic E-state index is 13.6. The summed E-state index contributed by atoms with van der Waals surface area (Å²) in [6, 6.07) is 6.05. The monoisotopic (exact) mass is 411 g/mol. The van der Waals surface area contributed by atoms with Gasteiger partial charge < -0.3 is 10.1 Å². The third-order valence-electron chi connectivity index (χ3n) is 3.73. The van der Waals surface area contributed by atoms with Crippen LogP contribution >= 0.6 is 11.6 Å². The zero-order valence-electron chi connectivity index (χ0n) is 14.4. The van der Waals surface area contributed by atoms with Crippen molar-refractivity contribution in [3.63, 3.8) is 0 Å². The van der Waals surface area contributed by atoms with E-state index in [-0.39, 0.29) is 28.5 Å². The fourth-order valence-electron chi connectivity index (χ4n) is 2.49. The molecule has 1 aromatic carbocycles. The molecule has 0 spiro atoms. The first-order chi connectivity index (χ1) is 13.1. The van der Waals surface area contributed by atoms with Gasteiger partial charge in [0.05, 0.1) is 18.1 Å². The maximum atomic E-state index is 13.6. The summed E-state index contributed by atoms with van der Waals surface area (Å²) >= 11 is 5.10. The number of benzene rings is 1. The number of aromatic nitrogens is 3. The van der Waals surface area contributed by atoms with Gasteiger partial charge in [-0.1, -0.05) is 0 Å². The lowest BCUT2D eigenvalue weighted by molar-refractivity contribution is -0.384. The lowest BCUT2D eigenvalue weighted by atomic mass is 10.2. The molecule has 0 bridgehead atoms. The van der Waals surface area contributed by atoms with Crippen LogP contribution in [0.15, 0.2) is 30.3 Å². The molecule has 3 rings (SSSR count). The van der Waals surface area contributed by atoms with Gasteiger partial charge in [0.25, 0.3) is 11.6 Å². The molecule has 28 heavy (non-hydrogen) atoms. The number of halogens is 3. The Morgan fingerprint density at radius 1 is 1.36 bits per heavy atom. The highest BCUT2D eigenvalue weighted by Crippen LogP contribution is 2.33. The number of hydrogen-bond acceptors (Lipinski definition) is 6. The van der Waals surface area contributed by atoms with Crippen LogP contribution in [0.2, 0.25) is 0 Å². The van der Waals surface area contributed by atoms with Crippen molar-refractivity contribution in [2.75, 3.05) is 12.4 Å². The van der Waals surface area contributed by atoms with E-state index in [1.54, 1.807) is 0 Å². The fourth-order valence-corrected chi connectivity index (χ4v) is 2.63. The van der Waals surface area contributed by atoms with Crippen LogP contribution in [0.5, 0.6) is 5.75 Å². The quantitative estimate of drug-likeness (QED) is 0.390. The van der Waals surface area contributed by atoms with Gasteiger partial charge in [0.2, 0.25) is 0 Å². The number of ether oxygens (including phenoxy) is 1. The van der Waals surface area contributed by atoms with Gasteiger partial charge >= 0.3 is 5.38 Å². The summed E-state index contributed by atoms with van der Waals surface area (Å²) in [5.41, 5.74) is -1.22. The van der Waals surface area contributed by atoms with Crippen molar-refractivity contribution in [2.45, 2.75) is 12.3 Å². The highest BCUT2D eigenvalue weighted by atomic mass is 35.5. The molecule has 12 heteroatoms. The maximum Gasteiger partial charge on any atom is 0.364 e. The van der Waals surface area contributed by atoms with Crippen LogP contribution in [-0.2, 0) is 5.38 Å². The number of nitrogens with one attached hydrogen (secondary N) is 1. The van der Waals surface area contributed by atoms with Crippen molar-refractivity contribution < 1.29 is 23.2 Å². The number of nitro groups is 1. The molecule has 0 radical (unpaired) electrons. The Kier molecular flexibility index (Phi) is 4.86. The number of methoxy groups -OCH3 is 1. The van der Waals surface area contributed by atoms with Crippen molar-refractivity contribution in [1.29, 1.82) is 0 Å². The Labute approximate surface area is 161 Å². The number of nitro benzene ring substituents is 1. The highest BCUT2D eigenvalue weighted by molar-refractivity contribution is 6.21. The molecular formula is C16H12ClF2N5O4. The van der Waals surface area contributed by atoms with Crippen LogP contribution in [0.25, 0.3) is 5.65 Å². The minimum atomic E-state index is -3.74. The predicted octanol–water partition coefficient (Wildman–Crippen LogP) is 3.49. The Morgan fingerprint density at radius 2 is 2.07 bits per heavy atom. The second-order valence-electron chi connectivity index (χ2n) is 5.67. The Morgan fingerprint density at radius 3 is 2.68 bits per heavy atom. The standard InChI is InChI=1S/C16H12ClF2N5O4/c1-8-5-13(16(17,18)19)23-14(20-8)7-11(22-23)15(25)21-10-4-3-9(28-2)6-12(10)24(26)27/h3-7H,1-2H3,(H,21,25). The molecule has 0 saturated carbocycles. The van der Waals surface area contributed by atoms with Gasteiger partial charge in [-0.05, 0) is 36.7 Å². The number of carbonyl (C=O) groups is 1. The van der Waals surface area contributed by atoms with Crippen LogP contribution < -0.4 is 10.1 Å². The second kappa shape index (κ2) is 7.00. The first-order valence-electron chi connectivity index (χ1n) is 7.68. The van der Waals surface area contributed by atoms with E-state index in [2.05, 4.69) is 15.4 Å². The van der Waals surface area contributed by atoms with Crippen LogP contribution in [0, 0.1) is 17.0 Å². The Bertz CT molecular complexity index is 1100. The van der Waals surface area contributed by atoms with Gasteiger partial charge in [0.15, 0.2) is 11.3 Å². The van der Waals surface area contributed by atoms with E-state index in [0.717, 1.165) is 16.6 Å². The van der Waals surface area contributed by atoms with E-state index >= 15 is 0 Å². The van der Waals surface area contributed by atoms with Crippen molar-refractivity contribution in [3.8, 4) is 5.75 Å². The number of aryl methyl sites for hydroxylation is 1. The molecule has 0 aliphatic heterocycles. The number of fused-ring (bicyclic) bond motifs is 1. The summed E-state index contributed by atoms with van der Waals surface area (Å²) in [5.74, 6) is -0.619. The lowest BCUT2D eigenvalue weighted by Gasteiger charge is -2.10. The topological polar surface area (TPSA) is 112 Å². The number of amides is 1. The molecule has 0 saturated heterocycles. The Hall–Kier alpha value is -3.34. The lowest BCUT2D eigenvalue weighted by Crippen LogP contribution is -2.15. The molecule has 0 atom stereocenters. The largest absolute Gasteiger partial charge is 0.496 e.